The van der Waals surface area contributed by atoms with Gasteiger partial charge in [-0.25, -0.2) is 4.79 Å². The number of carbonyl (C=O) groups is 1. The summed E-state index contributed by atoms with van der Waals surface area (Å²) in [4.78, 5) is 11.8. The first-order valence-corrected chi connectivity index (χ1v) is 6.01. The molecule has 0 aliphatic heterocycles. The Balaban J connectivity index is 2.00. The highest BCUT2D eigenvalue weighted by molar-refractivity contribution is 6.30. The molecule has 0 spiro atoms. The molecule has 0 aromatic heterocycles. The first-order valence-electron chi connectivity index (χ1n) is 5.63. The fraction of sp³-hybridized carbons (Fsp3) is 0.133. The van der Waals surface area contributed by atoms with E-state index >= 15 is 0 Å². The van der Waals surface area contributed by atoms with Gasteiger partial charge in [0, 0.05) is 5.02 Å². The third-order valence-electron chi connectivity index (χ3n) is 2.51. The zero-order valence-electron chi connectivity index (χ0n) is 10.0. The third-order valence-corrected chi connectivity index (χ3v) is 2.75. The molecule has 0 saturated heterocycles. The number of aryl methyl sites for hydroxylation is 1. The van der Waals surface area contributed by atoms with Gasteiger partial charge in [0.2, 0.25) is 0 Å². The number of carbonyl (C=O) groups excluding carboxylic acids is 1. The van der Waals surface area contributed by atoms with Crippen molar-refractivity contribution in [2.45, 2.75) is 13.5 Å². The molecule has 0 radical (unpaired) electrons. The maximum Gasteiger partial charge on any atom is 0.338 e. The predicted octanol–water partition coefficient (Wildman–Crippen LogP) is 4.01. The molecule has 3 heteroatoms. The van der Waals surface area contributed by atoms with Crippen LogP contribution >= 0.6 is 11.6 Å². The molecule has 0 N–H and O–H groups in total. The SMILES string of the molecule is Cc1cccc(C(=O)OCc2cccc(Cl)c2)c1. The van der Waals surface area contributed by atoms with E-state index in [9.17, 15) is 4.79 Å². The zero-order valence-corrected chi connectivity index (χ0v) is 10.8. The van der Waals surface area contributed by atoms with Crippen LogP contribution in [-0.2, 0) is 11.3 Å². The molecular weight excluding hydrogens is 248 g/mol. The van der Waals surface area contributed by atoms with E-state index in [1.807, 2.05) is 31.2 Å². The second-order valence-electron chi connectivity index (χ2n) is 4.08. The van der Waals surface area contributed by atoms with Crippen molar-refractivity contribution in [1.82, 2.24) is 0 Å². The Morgan fingerprint density at radius 3 is 2.67 bits per heavy atom. The van der Waals surface area contributed by atoms with E-state index < -0.39 is 0 Å². The molecule has 0 atom stereocenters. The van der Waals surface area contributed by atoms with E-state index in [0.717, 1.165) is 11.1 Å². The highest BCUT2D eigenvalue weighted by Crippen LogP contribution is 2.13. The van der Waals surface area contributed by atoms with Crippen LogP contribution in [0.3, 0.4) is 0 Å². The summed E-state index contributed by atoms with van der Waals surface area (Å²) in [7, 11) is 0. The molecule has 92 valence electrons. The van der Waals surface area contributed by atoms with E-state index in [1.54, 1.807) is 24.3 Å². The molecule has 0 fully saturated rings. The molecule has 0 saturated carbocycles. The summed E-state index contributed by atoms with van der Waals surface area (Å²) in [5, 5.41) is 0.638. The quantitative estimate of drug-likeness (QED) is 0.780. The Morgan fingerprint density at radius 1 is 1.17 bits per heavy atom. The van der Waals surface area contributed by atoms with Crippen LogP contribution in [0, 0.1) is 6.92 Å². The number of rotatable bonds is 3. The highest BCUT2D eigenvalue weighted by Gasteiger charge is 2.07. The first kappa shape index (κ1) is 12.7. The van der Waals surface area contributed by atoms with Gasteiger partial charge in [0.15, 0.2) is 0 Å². The minimum absolute atomic E-state index is 0.229. The lowest BCUT2D eigenvalue weighted by Crippen LogP contribution is -2.05. The molecule has 0 unspecified atom stereocenters. The monoisotopic (exact) mass is 260 g/mol. The lowest BCUT2D eigenvalue weighted by Gasteiger charge is -2.05. The van der Waals surface area contributed by atoms with Gasteiger partial charge in [0.05, 0.1) is 5.56 Å². The van der Waals surface area contributed by atoms with Crippen LogP contribution in [0.2, 0.25) is 5.02 Å². The zero-order chi connectivity index (χ0) is 13.0. The summed E-state index contributed by atoms with van der Waals surface area (Å²) in [6.45, 7) is 2.17. The Hall–Kier alpha value is -1.80. The van der Waals surface area contributed by atoms with Crippen LogP contribution in [-0.4, -0.2) is 5.97 Å². The molecule has 0 aliphatic carbocycles. The Bertz CT molecular complexity index is 564. The van der Waals surface area contributed by atoms with Crippen molar-refractivity contribution in [3.63, 3.8) is 0 Å². The first-order chi connectivity index (χ1) is 8.65. The van der Waals surface area contributed by atoms with Gasteiger partial charge in [0.1, 0.15) is 6.61 Å². The minimum atomic E-state index is -0.321. The average Bonchev–Trinajstić information content (AvgIpc) is 2.36. The van der Waals surface area contributed by atoms with Gasteiger partial charge >= 0.3 is 5.97 Å². The van der Waals surface area contributed by atoms with Crippen LogP contribution in [0.1, 0.15) is 21.5 Å². The molecule has 0 bridgehead atoms. The summed E-state index contributed by atoms with van der Waals surface area (Å²) < 4.78 is 5.23. The minimum Gasteiger partial charge on any atom is -0.457 e. The molecule has 0 aliphatic rings. The molecular formula is C15H13ClO2. The number of ether oxygens (including phenoxy) is 1. The lowest BCUT2D eigenvalue weighted by atomic mass is 10.1. The normalized spacial score (nSPS) is 10.1. The molecule has 18 heavy (non-hydrogen) atoms. The van der Waals surface area contributed by atoms with Crippen molar-refractivity contribution >= 4 is 17.6 Å². The smallest absolute Gasteiger partial charge is 0.338 e. The molecule has 2 aromatic carbocycles. The lowest BCUT2D eigenvalue weighted by molar-refractivity contribution is 0.0472. The summed E-state index contributed by atoms with van der Waals surface area (Å²) >= 11 is 5.86. The summed E-state index contributed by atoms with van der Waals surface area (Å²) in [5.74, 6) is -0.321. The van der Waals surface area contributed by atoms with Crippen molar-refractivity contribution in [3.8, 4) is 0 Å². The summed E-state index contributed by atoms with van der Waals surface area (Å²) in [6.07, 6.45) is 0. The third kappa shape index (κ3) is 3.34. The fourth-order valence-electron chi connectivity index (χ4n) is 1.63. The van der Waals surface area contributed by atoms with Crippen molar-refractivity contribution in [3.05, 3.63) is 70.2 Å². The number of halogens is 1. The maximum absolute atomic E-state index is 11.8. The Morgan fingerprint density at radius 2 is 1.94 bits per heavy atom. The second kappa shape index (κ2) is 5.69. The number of benzene rings is 2. The maximum atomic E-state index is 11.8. The van der Waals surface area contributed by atoms with Gasteiger partial charge in [-0.05, 0) is 36.8 Å². The summed E-state index contributed by atoms with van der Waals surface area (Å²) in [6, 6.07) is 14.6. The topological polar surface area (TPSA) is 26.3 Å². The van der Waals surface area contributed by atoms with Gasteiger partial charge in [-0.1, -0.05) is 41.4 Å². The van der Waals surface area contributed by atoms with E-state index in [2.05, 4.69) is 0 Å². The van der Waals surface area contributed by atoms with Gasteiger partial charge in [-0.2, -0.15) is 0 Å². The van der Waals surface area contributed by atoms with E-state index in [-0.39, 0.29) is 12.6 Å². The van der Waals surface area contributed by atoms with Crippen LogP contribution in [0.15, 0.2) is 48.5 Å². The van der Waals surface area contributed by atoms with Gasteiger partial charge in [0.25, 0.3) is 0 Å². The standard InChI is InChI=1S/C15H13ClO2/c1-11-4-2-6-13(8-11)15(17)18-10-12-5-3-7-14(16)9-12/h2-9H,10H2,1H3. The van der Waals surface area contributed by atoms with Crippen molar-refractivity contribution < 1.29 is 9.53 Å². The van der Waals surface area contributed by atoms with E-state index in [1.165, 1.54) is 0 Å². The van der Waals surface area contributed by atoms with Crippen LogP contribution in [0.5, 0.6) is 0 Å². The molecule has 2 nitrogen and oxygen atoms in total. The van der Waals surface area contributed by atoms with Gasteiger partial charge < -0.3 is 4.74 Å². The van der Waals surface area contributed by atoms with Gasteiger partial charge in [-0.3, -0.25) is 0 Å². The molecule has 2 aromatic rings. The number of hydrogen-bond donors (Lipinski definition) is 0. The van der Waals surface area contributed by atoms with Crippen molar-refractivity contribution in [1.29, 1.82) is 0 Å². The van der Waals surface area contributed by atoms with Crippen molar-refractivity contribution in [2.24, 2.45) is 0 Å². The predicted molar refractivity (Wildman–Crippen MR) is 71.8 cm³/mol. The van der Waals surface area contributed by atoms with Crippen LogP contribution < -0.4 is 0 Å². The summed E-state index contributed by atoms with van der Waals surface area (Å²) in [5.41, 5.74) is 2.48. The van der Waals surface area contributed by atoms with Crippen LogP contribution in [0.25, 0.3) is 0 Å². The molecule has 2 rings (SSSR count). The second-order valence-corrected chi connectivity index (χ2v) is 4.51. The molecule has 0 amide bonds. The molecule has 0 heterocycles. The van der Waals surface area contributed by atoms with E-state index in [0.29, 0.717) is 10.6 Å². The number of hydrogen-bond acceptors (Lipinski definition) is 2. The fourth-order valence-corrected chi connectivity index (χ4v) is 1.84. The van der Waals surface area contributed by atoms with Crippen LogP contribution in [0.4, 0.5) is 0 Å². The van der Waals surface area contributed by atoms with Crippen molar-refractivity contribution in [2.75, 3.05) is 0 Å². The van der Waals surface area contributed by atoms with Gasteiger partial charge in [-0.15, -0.1) is 0 Å². The Kier molecular flexibility index (Phi) is 4.00. The van der Waals surface area contributed by atoms with E-state index in [4.69, 9.17) is 16.3 Å². The average molecular weight is 261 g/mol. The number of esters is 1. The largest absolute Gasteiger partial charge is 0.457 e. The Labute approximate surface area is 111 Å². The highest BCUT2D eigenvalue weighted by atomic mass is 35.5.